The Morgan fingerprint density at radius 3 is 2.53 bits per heavy atom. The van der Waals surface area contributed by atoms with Crippen LogP contribution in [0, 0.1) is 11.3 Å². The molecule has 0 spiro atoms. The summed E-state index contributed by atoms with van der Waals surface area (Å²) in [5.74, 6) is 1.43. The summed E-state index contributed by atoms with van der Waals surface area (Å²) in [5.41, 5.74) is 6.29. The summed E-state index contributed by atoms with van der Waals surface area (Å²) in [6.45, 7) is 6.07. The molecule has 1 fully saturated rings. The topological polar surface area (TPSA) is 47.6 Å². The molecule has 0 amide bonds. The quantitative estimate of drug-likeness (QED) is 0.573. The van der Waals surface area contributed by atoms with Crippen LogP contribution in [0.5, 0.6) is 0 Å². The molecule has 2 N–H and O–H groups in total. The monoisotopic (exact) mass is 240 g/mol. The molecule has 0 aromatic carbocycles. The van der Waals surface area contributed by atoms with Gasteiger partial charge in [0.25, 0.3) is 0 Å². The SMILES string of the molecule is COCCC(C)(C)CN=C(N)C1CCCCC1. The van der Waals surface area contributed by atoms with E-state index in [0.717, 1.165) is 25.4 Å². The van der Waals surface area contributed by atoms with Crippen molar-refractivity contribution in [3.05, 3.63) is 0 Å². The molecule has 0 unspecified atom stereocenters. The molecule has 1 aliphatic carbocycles. The van der Waals surface area contributed by atoms with E-state index in [0.29, 0.717) is 5.92 Å². The molecule has 1 aliphatic rings. The Labute approximate surface area is 106 Å². The molecule has 1 rings (SSSR count). The van der Waals surface area contributed by atoms with Crippen molar-refractivity contribution in [3.8, 4) is 0 Å². The van der Waals surface area contributed by atoms with Gasteiger partial charge in [-0.15, -0.1) is 0 Å². The van der Waals surface area contributed by atoms with Crippen LogP contribution < -0.4 is 5.73 Å². The number of hydrogen-bond donors (Lipinski definition) is 1. The standard InChI is InChI=1S/C14H28N2O/c1-14(2,9-10-17-3)11-16-13(15)12-7-5-4-6-8-12/h12H,4-11H2,1-3H3,(H2,15,16). The average molecular weight is 240 g/mol. The van der Waals surface area contributed by atoms with Gasteiger partial charge in [0.15, 0.2) is 0 Å². The van der Waals surface area contributed by atoms with Gasteiger partial charge in [0.05, 0.1) is 5.84 Å². The fourth-order valence-corrected chi connectivity index (χ4v) is 2.29. The van der Waals surface area contributed by atoms with Gasteiger partial charge in [0, 0.05) is 26.2 Å². The summed E-state index contributed by atoms with van der Waals surface area (Å²) >= 11 is 0. The van der Waals surface area contributed by atoms with Gasteiger partial charge < -0.3 is 10.5 Å². The maximum Gasteiger partial charge on any atom is 0.0968 e. The third kappa shape index (κ3) is 5.53. The molecule has 0 heterocycles. The van der Waals surface area contributed by atoms with Gasteiger partial charge in [-0.3, -0.25) is 4.99 Å². The summed E-state index contributed by atoms with van der Waals surface area (Å²) in [5, 5.41) is 0. The number of methoxy groups -OCH3 is 1. The van der Waals surface area contributed by atoms with E-state index in [1.54, 1.807) is 7.11 Å². The van der Waals surface area contributed by atoms with E-state index in [2.05, 4.69) is 18.8 Å². The number of nitrogens with two attached hydrogens (primary N) is 1. The molecular weight excluding hydrogens is 212 g/mol. The lowest BCUT2D eigenvalue weighted by Gasteiger charge is -2.24. The zero-order valence-corrected chi connectivity index (χ0v) is 11.7. The fourth-order valence-electron chi connectivity index (χ4n) is 2.29. The van der Waals surface area contributed by atoms with E-state index in [-0.39, 0.29) is 5.41 Å². The minimum absolute atomic E-state index is 0.190. The minimum atomic E-state index is 0.190. The maximum absolute atomic E-state index is 6.10. The molecule has 3 nitrogen and oxygen atoms in total. The van der Waals surface area contributed by atoms with Crippen LogP contribution in [-0.4, -0.2) is 26.1 Å². The molecule has 0 radical (unpaired) electrons. The van der Waals surface area contributed by atoms with Crippen LogP contribution in [0.3, 0.4) is 0 Å². The number of hydrogen-bond acceptors (Lipinski definition) is 2. The molecule has 0 aliphatic heterocycles. The maximum atomic E-state index is 6.10. The third-order valence-corrected chi connectivity index (χ3v) is 3.70. The van der Waals surface area contributed by atoms with Crippen LogP contribution in [0.25, 0.3) is 0 Å². The fraction of sp³-hybridized carbons (Fsp3) is 0.929. The highest BCUT2D eigenvalue weighted by Crippen LogP contribution is 2.25. The summed E-state index contributed by atoms with van der Waals surface area (Å²) in [6, 6.07) is 0. The predicted octanol–water partition coefficient (Wildman–Crippen LogP) is 2.99. The first-order valence-electron chi connectivity index (χ1n) is 6.84. The highest BCUT2D eigenvalue weighted by molar-refractivity contribution is 5.82. The normalized spacial score (nSPS) is 19.6. The van der Waals surface area contributed by atoms with Crippen molar-refractivity contribution in [2.75, 3.05) is 20.3 Å². The van der Waals surface area contributed by atoms with Crippen molar-refractivity contribution in [3.63, 3.8) is 0 Å². The average Bonchev–Trinajstić information content (AvgIpc) is 2.35. The van der Waals surface area contributed by atoms with Crippen molar-refractivity contribution in [2.24, 2.45) is 22.1 Å². The van der Waals surface area contributed by atoms with E-state index < -0.39 is 0 Å². The number of rotatable bonds is 6. The molecule has 0 saturated heterocycles. The zero-order chi connectivity index (χ0) is 12.7. The van der Waals surface area contributed by atoms with Gasteiger partial charge in [-0.25, -0.2) is 0 Å². The zero-order valence-electron chi connectivity index (χ0n) is 11.7. The Hall–Kier alpha value is -0.570. The van der Waals surface area contributed by atoms with E-state index in [9.17, 15) is 0 Å². The number of aliphatic imine (C=N–C) groups is 1. The highest BCUT2D eigenvalue weighted by atomic mass is 16.5. The van der Waals surface area contributed by atoms with Crippen LogP contribution in [-0.2, 0) is 4.74 Å². The van der Waals surface area contributed by atoms with Crippen LogP contribution in [0.2, 0.25) is 0 Å². The predicted molar refractivity (Wildman–Crippen MR) is 73.3 cm³/mol. The molecule has 1 saturated carbocycles. The third-order valence-electron chi connectivity index (χ3n) is 3.70. The van der Waals surface area contributed by atoms with E-state index in [1.165, 1.54) is 32.1 Å². The van der Waals surface area contributed by atoms with E-state index in [1.807, 2.05) is 0 Å². The van der Waals surface area contributed by atoms with Crippen LogP contribution in [0.4, 0.5) is 0 Å². The van der Waals surface area contributed by atoms with Gasteiger partial charge >= 0.3 is 0 Å². The second-order valence-electron chi connectivity index (χ2n) is 5.98. The van der Waals surface area contributed by atoms with Gasteiger partial charge in [-0.1, -0.05) is 33.1 Å². The highest BCUT2D eigenvalue weighted by Gasteiger charge is 2.20. The van der Waals surface area contributed by atoms with Crippen LogP contribution >= 0.6 is 0 Å². The second-order valence-corrected chi connectivity index (χ2v) is 5.98. The number of nitrogens with zero attached hydrogens (tertiary/aromatic N) is 1. The van der Waals surface area contributed by atoms with Crippen molar-refractivity contribution in [1.82, 2.24) is 0 Å². The Morgan fingerprint density at radius 1 is 1.29 bits per heavy atom. The lowest BCUT2D eigenvalue weighted by molar-refractivity contribution is 0.155. The van der Waals surface area contributed by atoms with E-state index in [4.69, 9.17) is 10.5 Å². The molecule has 17 heavy (non-hydrogen) atoms. The van der Waals surface area contributed by atoms with Crippen LogP contribution in [0.1, 0.15) is 52.4 Å². The smallest absolute Gasteiger partial charge is 0.0968 e. The number of ether oxygens (including phenoxy) is 1. The van der Waals surface area contributed by atoms with Crippen molar-refractivity contribution >= 4 is 5.84 Å². The lowest BCUT2D eigenvalue weighted by atomic mass is 9.87. The van der Waals surface area contributed by atoms with Gasteiger partial charge in [0.1, 0.15) is 0 Å². The molecule has 100 valence electrons. The Morgan fingerprint density at radius 2 is 1.94 bits per heavy atom. The Bertz CT molecular complexity index is 243. The van der Waals surface area contributed by atoms with Gasteiger partial charge in [0.2, 0.25) is 0 Å². The Kier molecular flexibility index (Phi) is 5.96. The Balaban J connectivity index is 2.39. The minimum Gasteiger partial charge on any atom is -0.387 e. The number of amidine groups is 1. The van der Waals surface area contributed by atoms with Crippen molar-refractivity contribution in [1.29, 1.82) is 0 Å². The molecule has 0 atom stereocenters. The lowest BCUT2D eigenvalue weighted by Crippen LogP contribution is -2.28. The second kappa shape index (κ2) is 7.00. The molecular formula is C14H28N2O. The molecule has 0 aromatic rings. The molecule has 0 bridgehead atoms. The first-order chi connectivity index (χ1) is 8.05. The summed E-state index contributed by atoms with van der Waals surface area (Å²) in [4.78, 5) is 4.61. The van der Waals surface area contributed by atoms with Crippen molar-refractivity contribution < 1.29 is 4.74 Å². The summed E-state index contributed by atoms with van der Waals surface area (Å²) < 4.78 is 5.12. The molecule has 3 heteroatoms. The van der Waals surface area contributed by atoms with Crippen molar-refractivity contribution in [2.45, 2.75) is 52.4 Å². The van der Waals surface area contributed by atoms with Crippen LogP contribution in [0.15, 0.2) is 4.99 Å². The van der Waals surface area contributed by atoms with E-state index >= 15 is 0 Å². The first kappa shape index (κ1) is 14.5. The summed E-state index contributed by atoms with van der Waals surface area (Å²) in [7, 11) is 1.75. The van der Waals surface area contributed by atoms with Gasteiger partial charge in [-0.2, -0.15) is 0 Å². The summed E-state index contributed by atoms with van der Waals surface area (Å²) in [6.07, 6.45) is 7.48. The largest absolute Gasteiger partial charge is 0.387 e. The van der Waals surface area contributed by atoms with Gasteiger partial charge in [-0.05, 0) is 24.7 Å². The molecule has 0 aromatic heterocycles. The first-order valence-corrected chi connectivity index (χ1v) is 6.84.